The summed E-state index contributed by atoms with van der Waals surface area (Å²) in [6.45, 7) is 7.08. The number of ether oxygens (including phenoxy) is 2. The number of aromatic amines is 1. The summed E-state index contributed by atoms with van der Waals surface area (Å²) >= 11 is 0. The Balaban J connectivity index is 1.44. The molecule has 0 saturated carbocycles. The SMILES string of the molecule is CCN(CC)C(=O)c1ccc(CC2c3cc(OC)c(OC)cc3CCN2Cc2cnc(-c3ccccc3)[nH]2)cc1. The number of aromatic nitrogens is 2. The Bertz CT molecular complexity index is 1430. The maximum absolute atomic E-state index is 12.8. The van der Waals surface area contributed by atoms with Crippen LogP contribution in [0.4, 0.5) is 0 Å². The van der Waals surface area contributed by atoms with Gasteiger partial charge in [0.1, 0.15) is 5.82 Å². The van der Waals surface area contributed by atoms with Crippen LogP contribution in [-0.2, 0) is 19.4 Å². The lowest BCUT2D eigenvalue weighted by Gasteiger charge is -2.38. The first kappa shape index (κ1) is 27.5. The molecule has 5 rings (SSSR count). The second kappa shape index (κ2) is 12.4. The fourth-order valence-electron chi connectivity index (χ4n) is 5.61. The second-order valence-corrected chi connectivity index (χ2v) is 10.1. The molecule has 0 aliphatic carbocycles. The highest BCUT2D eigenvalue weighted by Gasteiger charge is 2.30. The third kappa shape index (κ3) is 5.75. The Morgan fingerprint density at radius 2 is 1.70 bits per heavy atom. The highest BCUT2D eigenvalue weighted by atomic mass is 16.5. The molecule has 1 N–H and O–H groups in total. The summed E-state index contributed by atoms with van der Waals surface area (Å²) in [5.41, 5.74) is 6.59. The first-order valence-electron chi connectivity index (χ1n) is 14.0. The minimum atomic E-state index is 0.0754. The third-order valence-corrected chi connectivity index (χ3v) is 7.84. The lowest BCUT2D eigenvalue weighted by atomic mass is 9.88. The van der Waals surface area contributed by atoms with E-state index in [9.17, 15) is 4.79 Å². The van der Waals surface area contributed by atoms with E-state index >= 15 is 0 Å². The fraction of sp³-hybridized carbons (Fsp3) is 0.333. The van der Waals surface area contributed by atoms with Gasteiger partial charge >= 0.3 is 0 Å². The average Bonchev–Trinajstić information content (AvgIpc) is 3.47. The van der Waals surface area contributed by atoms with Crippen LogP contribution >= 0.6 is 0 Å². The van der Waals surface area contributed by atoms with Gasteiger partial charge in [0.05, 0.1) is 14.2 Å². The molecule has 1 aromatic heterocycles. The minimum Gasteiger partial charge on any atom is -0.493 e. The summed E-state index contributed by atoms with van der Waals surface area (Å²) in [4.78, 5) is 25.4. The van der Waals surface area contributed by atoms with Crippen LogP contribution in [0.1, 0.15) is 52.6 Å². The topological polar surface area (TPSA) is 70.7 Å². The van der Waals surface area contributed by atoms with Gasteiger partial charge in [-0.25, -0.2) is 4.98 Å². The number of nitrogens with one attached hydrogen (secondary N) is 1. The highest BCUT2D eigenvalue weighted by Crippen LogP contribution is 2.40. The number of carbonyl (C=O) groups is 1. The number of methoxy groups -OCH3 is 2. The summed E-state index contributed by atoms with van der Waals surface area (Å²) in [7, 11) is 3.36. The van der Waals surface area contributed by atoms with Gasteiger partial charge in [-0.2, -0.15) is 0 Å². The Morgan fingerprint density at radius 1 is 1.00 bits per heavy atom. The molecular weight excluding hydrogens is 500 g/mol. The van der Waals surface area contributed by atoms with Crippen molar-refractivity contribution in [2.75, 3.05) is 33.9 Å². The molecule has 1 aliphatic rings. The average molecular weight is 539 g/mol. The molecule has 0 fully saturated rings. The molecule has 0 saturated heterocycles. The maximum Gasteiger partial charge on any atom is 0.253 e. The zero-order valence-corrected chi connectivity index (χ0v) is 23.8. The number of nitrogens with zero attached hydrogens (tertiary/aromatic N) is 3. The van der Waals surface area contributed by atoms with Crippen molar-refractivity contribution in [1.82, 2.24) is 19.8 Å². The molecule has 7 heteroatoms. The van der Waals surface area contributed by atoms with Crippen molar-refractivity contribution in [2.45, 2.75) is 39.3 Å². The monoisotopic (exact) mass is 538 g/mol. The summed E-state index contributed by atoms with van der Waals surface area (Å²) < 4.78 is 11.3. The van der Waals surface area contributed by atoms with Crippen molar-refractivity contribution >= 4 is 5.91 Å². The Hall–Kier alpha value is -4.10. The van der Waals surface area contributed by atoms with Crippen LogP contribution in [0.2, 0.25) is 0 Å². The van der Waals surface area contributed by atoms with Crippen LogP contribution in [0, 0.1) is 0 Å². The summed E-state index contributed by atoms with van der Waals surface area (Å²) in [6, 6.07) is 22.7. The Morgan fingerprint density at radius 3 is 2.38 bits per heavy atom. The molecule has 0 bridgehead atoms. The first-order valence-corrected chi connectivity index (χ1v) is 14.0. The normalized spacial score (nSPS) is 14.9. The summed E-state index contributed by atoms with van der Waals surface area (Å²) in [6.07, 6.45) is 3.67. The predicted molar refractivity (Wildman–Crippen MR) is 158 cm³/mol. The number of fused-ring (bicyclic) bond motifs is 1. The standard InChI is InChI=1S/C33H38N4O3/c1-5-36(6-2)33(38)25-14-12-23(13-15-25)18-29-28-20-31(40-4)30(39-3)19-26(28)16-17-37(29)22-27-21-34-32(35-27)24-10-8-7-9-11-24/h7-15,19-21,29H,5-6,16-18,22H2,1-4H3,(H,34,35). The van der Waals surface area contributed by atoms with E-state index in [-0.39, 0.29) is 11.9 Å². The van der Waals surface area contributed by atoms with Crippen LogP contribution in [0.5, 0.6) is 11.5 Å². The molecule has 208 valence electrons. The highest BCUT2D eigenvalue weighted by molar-refractivity contribution is 5.94. The molecule has 3 aromatic carbocycles. The summed E-state index contributed by atoms with van der Waals surface area (Å²) in [5.74, 6) is 2.45. The molecule has 7 nitrogen and oxygen atoms in total. The Kier molecular flexibility index (Phi) is 8.51. The van der Waals surface area contributed by atoms with Gasteiger partial charge in [0, 0.05) is 55.2 Å². The molecule has 40 heavy (non-hydrogen) atoms. The van der Waals surface area contributed by atoms with Crippen molar-refractivity contribution in [3.8, 4) is 22.9 Å². The molecule has 0 spiro atoms. The van der Waals surface area contributed by atoms with Gasteiger partial charge in [0.15, 0.2) is 11.5 Å². The van der Waals surface area contributed by atoms with Crippen molar-refractivity contribution in [3.05, 3.63) is 101 Å². The van der Waals surface area contributed by atoms with Crippen LogP contribution < -0.4 is 9.47 Å². The van der Waals surface area contributed by atoms with E-state index in [1.165, 1.54) is 16.7 Å². The summed E-state index contributed by atoms with van der Waals surface area (Å²) in [5, 5.41) is 0. The fourth-order valence-corrected chi connectivity index (χ4v) is 5.61. The predicted octanol–water partition coefficient (Wildman–Crippen LogP) is 5.92. The van der Waals surface area contributed by atoms with Crippen LogP contribution in [0.15, 0.2) is 72.9 Å². The van der Waals surface area contributed by atoms with E-state index in [4.69, 9.17) is 9.47 Å². The molecule has 0 radical (unpaired) electrons. The number of amides is 1. The molecule has 1 atom stereocenters. The second-order valence-electron chi connectivity index (χ2n) is 10.1. The van der Waals surface area contributed by atoms with Gasteiger partial charge in [-0.3, -0.25) is 9.69 Å². The molecule has 1 unspecified atom stereocenters. The molecule has 1 aliphatic heterocycles. The number of hydrogen-bond acceptors (Lipinski definition) is 5. The zero-order valence-electron chi connectivity index (χ0n) is 23.8. The number of benzene rings is 3. The number of H-pyrrole nitrogens is 1. The molecule has 4 aromatic rings. The van der Waals surface area contributed by atoms with Gasteiger partial charge in [-0.15, -0.1) is 0 Å². The lowest BCUT2D eigenvalue weighted by molar-refractivity contribution is 0.0773. The van der Waals surface area contributed by atoms with Gasteiger partial charge in [-0.1, -0.05) is 42.5 Å². The van der Waals surface area contributed by atoms with Gasteiger partial charge < -0.3 is 19.4 Å². The maximum atomic E-state index is 12.8. The number of carbonyl (C=O) groups excluding carboxylic acids is 1. The van der Waals surface area contributed by atoms with E-state index in [0.717, 1.165) is 60.1 Å². The van der Waals surface area contributed by atoms with Crippen molar-refractivity contribution in [1.29, 1.82) is 0 Å². The van der Waals surface area contributed by atoms with Crippen LogP contribution in [0.25, 0.3) is 11.4 Å². The minimum absolute atomic E-state index is 0.0754. The van der Waals surface area contributed by atoms with Crippen molar-refractivity contribution < 1.29 is 14.3 Å². The van der Waals surface area contributed by atoms with Gasteiger partial charge in [0.2, 0.25) is 0 Å². The van der Waals surface area contributed by atoms with E-state index in [2.05, 4.69) is 51.3 Å². The first-order chi connectivity index (χ1) is 19.5. The smallest absolute Gasteiger partial charge is 0.253 e. The van der Waals surface area contributed by atoms with Crippen LogP contribution in [0.3, 0.4) is 0 Å². The molecular formula is C33H38N4O3. The molecule has 2 heterocycles. The largest absolute Gasteiger partial charge is 0.493 e. The Labute approximate surface area is 236 Å². The quantitative estimate of drug-likeness (QED) is 0.272. The van der Waals surface area contributed by atoms with E-state index in [0.29, 0.717) is 13.1 Å². The third-order valence-electron chi connectivity index (χ3n) is 7.84. The number of rotatable bonds is 10. The number of imidazole rings is 1. The van der Waals surface area contributed by atoms with Crippen LogP contribution in [-0.4, -0.2) is 59.5 Å². The van der Waals surface area contributed by atoms with Gasteiger partial charge in [0.25, 0.3) is 5.91 Å². The van der Waals surface area contributed by atoms with E-state index in [1.807, 2.05) is 55.3 Å². The number of hydrogen-bond donors (Lipinski definition) is 1. The van der Waals surface area contributed by atoms with Crippen molar-refractivity contribution in [3.63, 3.8) is 0 Å². The van der Waals surface area contributed by atoms with Crippen molar-refractivity contribution in [2.24, 2.45) is 0 Å². The van der Waals surface area contributed by atoms with Gasteiger partial charge in [-0.05, 0) is 67.6 Å². The zero-order chi connectivity index (χ0) is 28.1. The lowest BCUT2D eigenvalue weighted by Crippen LogP contribution is -2.36. The molecule has 1 amide bonds. The van der Waals surface area contributed by atoms with E-state index < -0.39 is 0 Å². The van der Waals surface area contributed by atoms with E-state index in [1.54, 1.807) is 14.2 Å².